The van der Waals surface area contributed by atoms with E-state index < -0.39 is 52.3 Å². The fraction of sp³-hybridized carbons (Fsp3) is 0.400. The summed E-state index contributed by atoms with van der Waals surface area (Å²) in [5.41, 5.74) is -2.59. The van der Waals surface area contributed by atoms with Crippen molar-refractivity contribution in [1.29, 1.82) is 0 Å². The summed E-state index contributed by atoms with van der Waals surface area (Å²) in [6.07, 6.45) is 2.42. The maximum atomic E-state index is 14.4. The van der Waals surface area contributed by atoms with E-state index in [4.69, 9.17) is 4.74 Å². The van der Waals surface area contributed by atoms with Gasteiger partial charge in [0, 0.05) is 11.6 Å². The molecule has 3 fully saturated rings. The Balaban J connectivity index is 1.61. The molecule has 1 aromatic heterocycles. The number of H-pyrrole nitrogens is 1. The zero-order chi connectivity index (χ0) is 24.9. The van der Waals surface area contributed by atoms with Crippen LogP contribution < -0.4 is 16.6 Å². The molecule has 3 aliphatic rings. The van der Waals surface area contributed by atoms with Crippen LogP contribution in [0.2, 0.25) is 0 Å². The predicted molar refractivity (Wildman–Crippen MR) is 121 cm³/mol. The Bertz CT molecular complexity index is 1410. The fourth-order valence-electron chi connectivity index (χ4n) is 5.36. The minimum atomic E-state index is -1.38. The number of benzene rings is 2. The zero-order valence-corrected chi connectivity index (χ0v) is 18.9. The molecule has 2 aliphatic heterocycles. The number of nitrogens with zero attached hydrogens (tertiary/aromatic N) is 1. The summed E-state index contributed by atoms with van der Waals surface area (Å²) in [4.78, 5) is 42.8. The SMILES string of the molecule is C[C@H](NC(=O)[C@@H](n1c(=O)[nH]c2ccc(F)cc2c1=O)C12CCC(CC1)CO2)c1ccc(F)cc1F. The summed E-state index contributed by atoms with van der Waals surface area (Å²) in [6.45, 7) is 1.91. The second-order valence-corrected chi connectivity index (χ2v) is 9.41. The highest BCUT2D eigenvalue weighted by Crippen LogP contribution is 2.47. The molecule has 184 valence electrons. The number of halogens is 3. The molecule has 2 atom stereocenters. The third kappa shape index (κ3) is 4.05. The number of carbonyl (C=O) groups is 1. The molecule has 3 aromatic rings. The Morgan fingerprint density at radius 3 is 2.46 bits per heavy atom. The van der Waals surface area contributed by atoms with Crippen molar-refractivity contribution >= 4 is 16.8 Å². The second-order valence-electron chi connectivity index (χ2n) is 9.41. The van der Waals surface area contributed by atoms with Crippen LogP contribution in [-0.2, 0) is 9.53 Å². The molecule has 2 N–H and O–H groups in total. The molecule has 10 heteroatoms. The van der Waals surface area contributed by atoms with Crippen LogP contribution in [0.3, 0.4) is 0 Å². The molecule has 7 nitrogen and oxygen atoms in total. The molecule has 0 unspecified atom stereocenters. The molecule has 0 radical (unpaired) electrons. The summed E-state index contributed by atoms with van der Waals surface area (Å²) < 4.78 is 48.5. The lowest BCUT2D eigenvalue weighted by Gasteiger charge is -2.49. The van der Waals surface area contributed by atoms with Crippen molar-refractivity contribution in [2.45, 2.75) is 50.3 Å². The van der Waals surface area contributed by atoms with E-state index in [9.17, 15) is 27.6 Å². The first-order valence-electron chi connectivity index (χ1n) is 11.5. The number of hydrogen-bond acceptors (Lipinski definition) is 4. The van der Waals surface area contributed by atoms with Crippen LogP contribution in [0.5, 0.6) is 0 Å². The smallest absolute Gasteiger partial charge is 0.329 e. The highest BCUT2D eigenvalue weighted by atomic mass is 19.1. The van der Waals surface area contributed by atoms with Gasteiger partial charge in [-0.3, -0.25) is 9.59 Å². The standard InChI is InChI=1S/C25H24F3N3O4/c1-13(17-4-2-16(27)11-19(17)28)29-22(32)21(25-8-6-14(7-9-25)12-35-25)31-23(33)18-10-15(26)3-5-20(18)30-24(31)34/h2-5,10-11,13-14,21H,6-9,12H2,1H3,(H,29,32)(H,30,34)/t13-,14?,21+,25?/m0/s1. The van der Waals surface area contributed by atoms with E-state index >= 15 is 0 Å². The number of ether oxygens (including phenoxy) is 1. The molecule has 2 aromatic carbocycles. The van der Waals surface area contributed by atoms with Crippen molar-refractivity contribution in [1.82, 2.24) is 14.9 Å². The molecular formula is C25H24F3N3O4. The van der Waals surface area contributed by atoms with Crippen molar-refractivity contribution in [3.8, 4) is 0 Å². The quantitative estimate of drug-likeness (QED) is 0.576. The summed E-state index contributed by atoms with van der Waals surface area (Å²) in [5, 5.41) is 2.59. The van der Waals surface area contributed by atoms with Gasteiger partial charge in [0.05, 0.1) is 29.2 Å². The van der Waals surface area contributed by atoms with E-state index in [1.807, 2.05) is 0 Å². The largest absolute Gasteiger partial charge is 0.372 e. The molecule has 3 heterocycles. The van der Waals surface area contributed by atoms with Gasteiger partial charge in [0.25, 0.3) is 5.56 Å². The number of fused-ring (bicyclic) bond motifs is 4. The maximum Gasteiger partial charge on any atom is 0.329 e. The number of rotatable bonds is 5. The molecule has 1 aliphatic carbocycles. The molecule has 2 bridgehead atoms. The summed E-state index contributed by atoms with van der Waals surface area (Å²) >= 11 is 0. The third-order valence-corrected chi connectivity index (χ3v) is 7.24. The van der Waals surface area contributed by atoms with Gasteiger partial charge in [0.15, 0.2) is 0 Å². The monoisotopic (exact) mass is 487 g/mol. The normalized spacial score (nSPS) is 23.3. The van der Waals surface area contributed by atoms with Gasteiger partial charge in [0.1, 0.15) is 23.5 Å². The number of carbonyl (C=O) groups excluding carboxylic acids is 1. The average Bonchev–Trinajstić information content (AvgIpc) is 2.83. The van der Waals surface area contributed by atoms with Crippen LogP contribution in [0.15, 0.2) is 46.0 Å². The topological polar surface area (TPSA) is 93.2 Å². The lowest BCUT2D eigenvalue weighted by atomic mass is 9.71. The molecule has 35 heavy (non-hydrogen) atoms. The lowest BCUT2D eigenvalue weighted by Crippen LogP contribution is -2.59. The van der Waals surface area contributed by atoms with Gasteiger partial charge in [-0.2, -0.15) is 0 Å². The van der Waals surface area contributed by atoms with Gasteiger partial charge in [-0.25, -0.2) is 22.5 Å². The molecule has 0 spiro atoms. The second kappa shape index (κ2) is 8.67. The predicted octanol–water partition coefficient (Wildman–Crippen LogP) is 3.48. The highest BCUT2D eigenvalue weighted by Gasteiger charge is 2.52. The first-order chi connectivity index (χ1) is 16.7. The first-order valence-corrected chi connectivity index (χ1v) is 11.5. The van der Waals surface area contributed by atoms with Crippen LogP contribution >= 0.6 is 0 Å². The fourth-order valence-corrected chi connectivity index (χ4v) is 5.36. The molecular weight excluding hydrogens is 463 g/mol. The van der Waals surface area contributed by atoms with Crippen molar-refractivity contribution in [2.24, 2.45) is 5.92 Å². The molecule has 2 saturated heterocycles. The first kappa shape index (κ1) is 23.3. The Morgan fingerprint density at radius 2 is 1.80 bits per heavy atom. The zero-order valence-electron chi connectivity index (χ0n) is 18.9. The molecule has 6 rings (SSSR count). The Labute approximate surface area is 197 Å². The van der Waals surface area contributed by atoms with Crippen molar-refractivity contribution < 1.29 is 22.7 Å². The maximum absolute atomic E-state index is 14.4. The summed E-state index contributed by atoms with van der Waals surface area (Å²) in [7, 11) is 0. The number of amides is 1. The van der Waals surface area contributed by atoms with Gasteiger partial charge in [-0.05, 0) is 62.8 Å². The van der Waals surface area contributed by atoms with Crippen molar-refractivity contribution in [3.63, 3.8) is 0 Å². The molecule has 1 amide bonds. The Kier molecular flexibility index (Phi) is 5.79. The number of aromatic nitrogens is 2. The van der Waals surface area contributed by atoms with Gasteiger partial charge < -0.3 is 15.0 Å². The van der Waals surface area contributed by atoms with E-state index in [0.29, 0.717) is 31.4 Å². The van der Waals surface area contributed by atoms with Crippen LogP contribution in [0.25, 0.3) is 10.9 Å². The molecule has 1 saturated carbocycles. The van der Waals surface area contributed by atoms with Crippen LogP contribution in [-0.4, -0.2) is 27.7 Å². The van der Waals surface area contributed by atoms with Crippen molar-refractivity contribution in [3.05, 3.63) is 80.3 Å². The Morgan fingerprint density at radius 1 is 1.11 bits per heavy atom. The van der Waals surface area contributed by atoms with Gasteiger partial charge in [-0.15, -0.1) is 0 Å². The Hall–Kier alpha value is -3.40. The number of hydrogen-bond donors (Lipinski definition) is 2. The van der Waals surface area contributed by atoms with Crippen LogP contribution in [0.4, 0.5) is 13.2 Å². The number of aromatic amines is 1. The van der Waals surface area contributed by atoms with Crippen LogP contribution in [0, 0.1) is 23.4 Å². The van der Waals surface area contributed by atoms with E-state index in [0.717, 1.165) is 35.6 Å². The summed E-state index contributed by atoms with van der Waals surface area (Å²) in [5.74, 6) is -2.63. The van der Waals surface area contributed by atoms with Gasteiger partial charge in [0.2, 0.25) is 5.91 Å². The van der Waals surface area contributed by atoms with Gasteiger partial charge >= 0.3 is 5.69 Å². The van der Waals surface area contributed by atoms with E-state index in [2.05, 4.69) is 10.3 Å². The average molecular weight is 487 g/mol. The van der Waals surface area contributed by atoms with Gasteiger partial charge in [-0.1, -0.05) is 6.07 Å². The van der Waals surface area contributed by atoms with E-state index in [1.54, 1.807) is 0 Å². The lowest BCUT2D eigenvalue weighted by molar-refractivity contribution is -0.178. The highest BCUT2D eigenvalue weighted by molar-refractivity contribution is 5.83. The minimum absolute atomic E-state index is 0.0473. The van der Waals surface area contributed by atoms with E-state index in [-0.39, 0.29) is 16.5 Å². The van der Waals surface area contributed by atoms with Crippen LogP contribution in [0.1, 0.15) is 50.3 Å². The minimum Gasteiger partial charge on any atom is -0.372 e. The van der Waals surface area contributed by atoms with Crippen molar-refractivity contribution in [2.75, 3.05) is 6.61 Å². The van der Waals surface area contributed by atoms with E-state index in [1.165, 1.54) is 19.1 Å². The number of nitrogens with one attached hydrogen (secondary N) is 2. The summed E-state index contributed by atoms with van der Waals surface area (Å²) in [6, 6.07) is 4.16. The third-order valence-electron chi connectivity index (χ3n) is 7.24.